The molecule has 3 aromatic rings. The van der Waals surface area contributed by atoms with Crippen molar-refractivity contribution in [2.45, 2.75) is 6.54 Å². The minimum atomic E-state index is -0.512. The molecule has 2 aromatic carbocycles. The van der Waals surface area contributed by atoms with Crippen LogP contribution < -0.4 is 4.90 Å². The second-order valence-corrected chi connectivity index (χ2v) is 6.53. The first-order valence-corrected chi connectivity index (χ1v) is 8.76. The number of aromatic nitrogens is 4. The van der Waals surface area contributed by atoms with Gasteiger partial charge >= 0.3 is 5.97 Å². The number of benzene rings is 2. The summed E-state index contributed by atoms with van der Waals surface area (Å²) in [5.74, 6) is -0.388. The number of methoxy groups -OCH3 is 1. The minimum Gasteiger partial charge on any atom is -0.465 e. The molecular weight excluding hydrogens is 414 g/mol. The van der Waals surface area contributed by atoms with Crippen molar-refractivity contribution >= 4 is 33.5 Å². The molecule has 0 aliphatic heterocycles. The first-order chi connectivity index (χ1) is 13.0. The van der Waals surface area contributed by atoms with Crippen LogP contribution in [0, 0.1) is 0 Å². The Morgan fingerprint density at radius 3 is 2.56 bits per heavy atom. The number of carbonyl (C=O) groups is 2. The smallest absolute Gasteiger partial charge is 0.339 e. The monoisotopic (exact) mass is 429 g/mol. The highest BCUT2D eigenvalue weighted by Gasteiger charge is 2.20. The number of para-hydroxylation sites is 1. The summed E-state index contributed by atoms with van der Waals surface area (Å²) in [6.45, 7) is -0.116. The van der Waals surface area contributed by atoms with Crippen LogP contribution in [0.4, 0.5) is 5.69 Å². The lowest BCUT2D eigenvalue weighted by atomic mass is 10.1. The number of amides is 1. The maximum Gasteiger partial charge on any atom is 0.339 e. The summed E-state index contributed by atoms with van der Waals surface area (Å²) in [7, 11) is 2.88. The molecule has 1 aromatic heterocycles. The van der Waals surface area contributed by atoms with Crippen LogP contribution in [-0.4, -0.2) is 46.2 Å². The third-order valence-corrected chi connectivity index (χ3v) is 4.41. The highest BCUT2D eigenvalue weighted by Crippen LogP contribution is 2.21. The van der Waals surface area contributed by atoms with Crippen LogP contribution in [0.5, 0.6) is 0 Å². The zero-order valence-corrected chi connectivity index (χ0v) is 16.3. The van der Waals surface area contributed by atoms with Crippen LogP contribution >= 0.6 is 15.9 Å². The fraction of sp³-hybridized carbons (Fsp3) is 0.167. The molecule has 8 nitrogen and oxygen atoms in total. The Bertz CT molecular complexity index is 971. The third kappa shape index (κ3) is 4.20. The van der Waals surface area contributed by atoms with Crippen molar-refractivity contribution in [1.29, 1.82) is 0 Å². The highest BCUT2D eigenvalue weighted by atomic mass is 79.9. The Kier molecular flexibility index (Phi) is 5.60. The van der Waals surface area contributed by atoms with Gasteiger partial charge in [0.05, 0.1) is 18.4 Å². The summed E-state index contributed by atoms with van der Waals surface area (Å²) >= 11 is 3.37. The zero-order valence-electron chi connectivity index (χ0n) is 14.7. The van der Waals surface area contributed by atoms with Gasteiger partial charge in [0.25, 0.3) is 0 Å². The SMILES string of the molecule is COC(=O)c1ccccc1N(C)C(=O)Cn1nnc(-c2ccc(Br)cc2)n1. The van der Waals surface area contributed by atoms with Crippen LogP contribution in [-0.2, 0) is 16.1 Å². The number of ether oxygens (including phenoxy) is 1. The van der Waals surface area contributed by atoms with Crippen molar-refractivity contribution in [3.05, 3.63) is 58.6 Å². The lowest BCUT2D eigenvalue weighted by Crippen LogP contribution is -2.32. The van der Waals surface area contributed by atoms with Crippen molar-refractivity contribution in [3.63, 3.8) is 0 Å². The number of rotatable bonds is 5. The van der Waals surface area contributed by atoms with E-state index in [1.807, 2.05) is 24.3 Å². The van der Waals surface area contributed by atoms with Crippen molar-refractivity contribution in [1.82, 2.24) is 20.2 Å². The third-order valence-electron chi connectivity index (χ3n) is 3.88. The number of nitrogens with zero attached hydrogens (tertiary/aromatic N) is 5. The van der Waals surface area contributed by atoms with Gasteiger partial charge in [-0.05, 0) is 41.6 Å². The number of hydrogen-bond donors (Lipinski definition) is 0. The largest absolute Gasteiger partial charge is 0.465 e. The van der Waals surface area contributed by atoms with Gasteiger partial charge in [-0.15, -0.1) is 10.2 Å². The van der Waals surface area contributed by atoms with Crippen LogP contribution in [0.3, 0.4) is 0 Å². The van der Waals surface area contributed by atoms with Crippen molar-refractivity contribution < 1.29 is 14.3 Å². The Hall–Kier alpha value is -3.07. The number of carbonyl (C=O) groups excluding carboxylic acids is 2. The molecule has 3 rings (SSSR count). The van der Waals surface area contributed by atoms with Crippen LogP contribution in [0.1, 0.15) is 10.4 Å². The molecule has 1 amide bonds. The predicted octanol–water partition coefficient (Wildman–Crippen LogP) is 2.55. The average Bonchev–Trinajstić information content (AvgIpc) is 3.15. The molecule has 0 radical (unpaired) electrons. The fourth-order valence-corrected chi connectivity index (χ4v) is 2.70. The maximum atomic E-state index is 12.6. The molecule has 0 aliphatic rings. The molecule has 0 fully saturated rings. The summed E-state index contributed by atoms with van der Waals surface area (Å²) in [4.78, 5) is 27.1. The number of hydrogen-bond acceptors (Lipinski definition) is 6. The summed E-state index contributed by atoms with van der Waals surface area (Å²) in [5, 5.41) is 12.2. The average molecular weight is 430 g/mol. The van der Waals surface area contributed by atoms with Gasteiger partial charge in [0.1, 0.15) is 6.54 Å². The molecular formula is C18H16BrN5O3. The Morgan fingerprint density at radius 1 is 1.15 bits per heavy atom. The van der Waals surface area contributed by atoms with E-state index in [1.54, 1.807) is 31.3 Å². The van der Waals surface area contributed by atoms with Crippen LogP contribution in [0.2, 0.25) is 0 Å². The summed E-state index contributed by atoms with van der Waals surface area (Å²) in [5.41, 5.74) is 1.54. The molecule has 138 valence electrons. The van der Waals surface area contributed by atoms with Crippen molar-refractivity contribution in [3.8, 4) is 11.4 Å². The number of esters is 1. The first-order valence-electron chi connectivity index (χ1n) is 7.97. The van der Waals surface area contributed by atoms with E-state index >= 15 is 0 Å². The van der Waals surface area contributed by atoms with E-state index in [-0.39, 0.29) is 12.5 Å². The normalized spacial score (nSPS) is 10.5. The molecule has 0 bridgehead atoms. The van der Waals surface area contributed by atoms with Crippen molar-refractivity contribution in [2.24, 2.45) is 0 Å². The topological polar surface area (TPSA) is 90.2 Å². The van der Waals surface area contributed by atoms with Gasteiger partial charge in [0, 0.05) is 17.1 Å². The molecule has 27 heavy (non-hydrogen) atoms. The first kappa shape index (κ1) is 18.7. The van der Waals surface area contributed by atoms with Gasteiger partial charge in [0.15, 0.2) is 0 Å². The Morgan fingerprint density at radius 2 is 1.85 bits per heavy atom. The maximum absolute atomic E-state index is 12.6. The van der Waals surface area contributed by atoms with Gasteiger partial charge in [-0.25, -0.2) is 4.79 Å². The minimum absolute atomic E-state index is 0.116. The predicted molar refractivity (Wildman–Crippen MR) is 102 cm³/mol. The zero-order chi connectivity index (χ0) is 19.4. The van der Waals surface area contributed by atoms with Gasteiger partial charge in [0.2, 0.25) is 11.7 Å². The number of anilines is 1. The number of likely N-dealkylation sites (N-methyl/N-ethyl adjacent to an activating group) is 1. The van der Waals surface area contributed by atoms with E-state index in [2.05, 4.69) is 31.3 Å². The standard InChI is InChI=1S/C18H16BrN5O3/c1-23(15-6-4-3-5-14(15)18(26)27-2)16(25)11-24-21-17(20-22-24)12-7-9-13(19)10-8-12/h3-10H,11H2,1-2H3. The number of tetrazole rings is 1. The van der Waals surface area contributed by atoms with Gasteiger partial charge in [-0.3, -0.25) is 4.79 Å². The highest BCUT2D eigenvalue weighted by molar-refractivity contribution is 9.10. The Labute approximate surface area is 163 Å². The molecule has 0 unspecified atom stereocenters. The lowest BCUT2D eigenvalue weighted by Gasteiger charge is -2.19. The van der Waals surface area contributed by atoms with Crippen LogP contribution in [0.15, 0.2) is 53.0 Å². The van der Waals surface area contributed by atoms with Crippen LogP contribution in [0.25, 0.3) is 11.4 Å². The van der Waals surface area contributed by atoms with E-state index in [1.165, 1.54) is 16.8 Å². The molecule has 0 aliphatic carbocycles. The molecule has 1 heterocycles. The summed E-state index contributed by atoms with van der Waals surface area (Å²) in [6.07, 6.45) is 0. The molecule has 0 saturated carbocycles. The van der Waals surface area contributed by atoms with E-state index < -0.39 is 5.97 Å². The molecule has 9 heteroatoms. The molecule has 0 N–H and O–H groups in total. The van der Waals surface area contributed by atoms with E-state index in [9.17, 15) is 9.59 Å². The Balaban J connectivity index is 1.76. The number of halogens is 1. The molecule has 0 spiro atoms. The van der Waals surface area contributed by atoms with Gasteiger partial charge in [-0.2, -0.15) is 4.80 Å². The summed E-state index contributed by atoms with van der Waals surface area (Å²) < 4.78 is 5.71. The van der Waals surface area contributed by atoms with E-state index in [0.29, 0.717) is 17.1 Å². The quantitative estimate of drug-likeness (QED) is 0.578. The molecule has 0 atom stereocenters. The second-order valence-electron chi connectivity index (χ2n) is 5.61. The summed E-state index contributed by atoms with van der Waals surface area (Å²) in [6, 6.07) is 14.2. The van der Waals surface area contributed by atoms with Gasteiger partial charge < -0.3 is 9.64 Å². The second kappa shape index (κ2) is 8.09. The fourth-order valence-electron chi connectivity index (χ4n) is 2.43. The van der Waals surface area contributed by atoms with Gasteiger partial charge in [-0.1, -0.05) is 28.1 Å². The van der Waals surface area contributed by atoms with E-state index in [4.69, 9.17) is 4.74 Å². The van der Waals surface area contributed by atoms with Crippen molar-refractivity contribution in [2.75, 3.05) is 19.1 Å². The molecule has 0 saturated heterocycles. The van der Waals surface area contributed by atoms with E-state index in [0.717, 1.165) is 10.0 Å². The lowest BCUT2D eigenvalue weighted by molar-refractivity contribution is -0.119.